The fourth-order valence-corrected chi connectivity index (χ4v) is 1.99. The predicted octanol–water partition coefficient (Wildman–Crippen LogP) is 4.77. The van der Waals surface area contributed by atoms with Gasteiger partial charge >= 0.3 is 0 Å². The molecule has 5 heteroatoms. The van der Waals surface area contributed by atoms with Gasteiger partial charge in [0.25, 0.3) is 5.91 Å². The van der Waals surface area contributed by atoms with E-state index in [-0.39, 0.29) is 10.9 Å². The standard InChI is InChI=1S/C17H17ClFNO2/c1-11(2)10-22-16-6-4-3-5-13(16)17(21)20-12-7-8-15(19)14(18)9-12/h3-9,11H,10H2,1-2H3,(H,20,21). The molecule has 0 bridgehead atoms. The normalized spacial score (nSPS) is 10.6. The number of nitrogens with one attached hydrogen (secondary N) is 1. The predicted molar refractivity (Wildman–Crippen MR) is 86.1 cm³/mol. The molecule has 0 aliphatic rings. The van der Waals surface area contributed by atoms with Crippen LogP contribution in [0.1, 0.15) is 24.2 Å². The Labute approximate surface area is 134 Å². The summed E-state index contributed by atoms with van der Waals surface area (Å²) in [7, 11) is 0. The number of ether oxygens (including phenoxy) is 1. The third kappa shape index (κ3) is 4.21. The van der Waals surface area contributed by atoms with Crippen LogP contribution in [0.4, 0.5) is 10.1 Å². The SMILES string of the molecule is CC(C)COc1ccccc1C(=O)Nc1ccc(F)c(Cl)c1. The summed E-state index contributed by atoms with van der Waals surface area (Å²) in [6.45, 7) is 4.58. The van der Waals surface area contributed by atoms with E-state index in [9.17, 15) is 9.18 Å². The third-order valence-corrected chi connectivity index (χ3v) is 3.17. The van der Waals surface area contributed by atoms with E-state index < -0.39 is 5.82 Å². The highest BCUT2D eigenvalue weighted by atomic mass is 35.5. The first-order valence-corrected chi connectivity index (χ1v) is 7.33. The van der Waals surface area contributed by atoms with Gasteiger partial charge in [-0.05, 0) is 36.2 Å². The molecule has 0 aliphatic heterocycles. The van der Waals surface area contributed by atoms with Crippen molar-refractivity contribution in [1.82, 2.24) is 0 Å². The Bertz CT molecular complexity index is 673. The topological polar surface area (TPSA) is 38.3 Å². The summed E-state index contributed by atoms with van der Waals surface area (Å²) < 4.78 is 18.8. The monoisotopic (exact) mass is 321 g/mol. The van der Waals surface area contributed by atoms with Crippen molar-refractivity contribution in [2.45, 2.75) is 13.8 Å². The van der Waals surface area contributed by atoms with Crippen LogP contribution in [0.3, 0.4) is 0 Å². The van der Waals surface area contributed by atoms with Crippen LogP contribution < -0.4 is 10.1 Å². The average molecular weight is 322 g/mol. The molecule has 2 aromatic rings. The van der Waals surface area contributed by atoms with Crippen molar-refractivity contribution in [3.63, 3.8) is 0 Å². The van der Waals surface area contributed by atoms with E-state index in [4.69, 9.17) is 16.3 Å². The molecule has 2 aromatic carbocycles. The molecule has 0 aliphatic carbocycles. The number of hydrogen-bond acceptors (Lipinski definition) is 2. The molecule has 22 heavy (non-hydrogen) atoms. The highest BCUT2D eigenvalue weighted by Crippen LogP contribution is 2.23. The average Bonchev–Trinajstić information content (AvgIpc) is 2.49. The minimum atomic E-state index is -0.527. The second-order valence-electron chi connectivity index (χ2n) is 5.28. The van der Waals surface area contributed by atoms with E-state index in [1.807, 2.05) is 13.8 Å². The molecular formula is C17H17ClFNO2. The fourth-order valence-electron chi connectivity index (χ4n) is 1.81. The molecule has 1 N–H and O–H groups in total. The van der Waals surface area contributed by atoms with Crippen molar-refractivity contribution in [2.75, 3.05) is 11.9 Å². The zero-order chi connectivity index (χ0) is 16.1. The van der Waals surface area contributed by atoms with E-state index in [0.717, 1.165) is 0 Å². The molecule has 2 rings (SSSR count). The Morgan fingerprint density at radius 3 is 2.68 bits per heavy atom. The molecule has 0 aromatic heterocycles. The summed E-state index contributed by atoms with van der Waals surface area (Å²) >= 11 is 5.71. The van der Waals surface area contributed by atoms with Gasteiger partial charge in [0.05, 0.1) is 17.2 Å². The van der Waals surface area contributed by atoms with E-state index in [1.165, 1.54) is 18.2 Å². The molecule has 1 amide bonds. The van der Waals surface area contributed by atoms with Gasteiger partial charge in [-0.15, -0.1) is 0 Å². The first kappa shape index (κ1) is 16.3. The van der Waals surface area contributed by atoms with Gasteiger partial charge in [-0.3, -0.25) is 4.79 Å². The number of hydrogen-bond donors (Lipinski definition) is 1. The molecule has 0 radical (unpaired) electrons. The molecule has 0 unspecified atom stereocenters. The Kier molecular flexibility index (Phi) is 5.39. The lowest BCUT2D eigenvalue weighted by Crippen LogP contribution is -2.15. The molecule has 116 valence electrons. The summed E-state index contributed by atoms with van der Waals surface area (Å²) in [5, 5.41) is 2.64. The highest BCUT2D eigenvalue weighted by Gasteiger charge is 2.13. The molecular weight excluding hydrogens is 305 g/mol. The van der Waals surface area contributed by atoms with E-state index in [2.05, 4.69) is 5.32 Å². The zero-order valence-electron chi connectivity index (χ0n) is 12.4. The van der Waals surface area contributed by atoms with Crippen molar-refractivity contribution in [1.29, 1.82) is 0 Å². The Morgan fingerprint density at radius 2 is 2.00 bits per heavy atom. The maximum Gasteiger partial charge on any atom is 0.259 e. The van der Waals surface area contributed by atoms with Gasteiger partial charge in [0.2, 0.25) is 0 Å². The number of rotatable bonds is 5. The Morgan fingerprint density at radius 1 is 1.27 bits per heavy atom. The van der Waals surface area contributed by atoms with Crippen molar-refractivity contribution in [2.24, 2.45) is 5.92 Å². The molecule has 0 saturated carbocycles. The number of carbonyl (C=O) groups excluding carboxylic acids is 1. The van der Waals surface area contributed by atoms with E-state index in [0.29, 0.717) is 29.5 Å². The summed E-state index contributed by atoms with van der Waals surface area (Å²) in [4.78, 5) is 12.3. The molecule has 3 nitrogen and oxygen atoms in total. The highest BCUT2D eigenvalue weighted by molar-refractivity contribution is 6.31. The van der Waals surface area contributed by atoms with Gasteiger partial charge in [0.1, 0.15) is 11.6 Å². The Balaban J connectivity index is 2.16. The van der Waals surface area contributed by atoms with Gasteiger partial charge < -0.3 is 10.1 Å². The van der Waals surface area contributed by atoms with Crippen molar-refractivity contribution in [3.8, 4) is 5.75 Å². The van der Waals surface area contributed by atoms with Crippen LogP contribution in [0, 0.1) is 11.7 Å². The van der Waals surface area contributed by atoms with Crippen molar-refractivity contribution < 1.29 is 13.9 Å². The quantitative estimate of drug-likeness (QED) is 0.861. The van der Waals surface area contributed by atoms with Crippen molar-refractivity contribution in [3.05, 3.63) is 58.9 Å². The lowest BCUT2D eigenvalue weighted by atomic mass is 10.1. The summed E-state index contributed by atoms with van der Waals surface area (Å²) in [5.41, 5.74) is 0.846. The van der Waals surface area contributed by atoms with Crippen LogP contribution in [0.5, 0.6) is 5.75 Å². The van der Waals surface area contributed by atoms with Crippen LogP contribution in [-0.4, -0.2) is 12.5 Å². The Hall–Kier alpha value is -2.07. The van der Waals surface area contributed by atoms with Crippen LogP contribution in [0.25, 0.3) is 0 Å². The maximum atomic E-state index is 13.1. The van der Waals surface area contributed by atoms with Crippen LogP contribution in [0.2, 0.25) is 5.02 Å². The summed E-state index contributed by atoms with van der Waals surface area (Å²) in [5.74, 6) is 0.0105. The number of halogens is 2. The van der Waals surface area contributed by atoms with Crippen LogP contribution >= 0.6 is 11.6 Å². The maximum absolute atomic E-state index is 13.1. The number of benzene rings is 2. The first-order chi connectivity index (χ1) is 10.5. The number of anilines is 1. The van der Waals surface area contributed by atoms with Crippen LogP contribution in [-0.2, 0) is 0 Å². The van der Waals surface area contributed by atoms with Gasteiger partial charge in [-0.25, -0.2) is 4.39 Å². The lowest BCUT2D eigenvalue weighted by molar-refractivity contribution is 0.102. The molecule has 0 spiro atoms. The largest absolute Gasteiger partial charge is 0.492 e. The molecule has 0 heterocycles. The number of carbonyl (C=O) groups is 1. The van der Waals surface area contributed by atoms with E-state index >= 15 is 0 Å². The van der Waals surface area contributed by atoms with Crippen molar-refractivity contribution >= 4 is 23.2 Å². The smallest absolute Gasteiger partial charge is 0.259 e. The number of amides is 1. The van der Waals surface area contributed by atoms with Gasteiger partial charge in [0, 0.05) is 5.69 Å². The lowest BCUT2D eigenvalue weighted by Gasteiger charge is -2.13. The first-order valence-electron chi connectivity index (χ1n) is 6.95. The zero-order valence-corrected chi connectivity index (χ0v) is 13.2. The van der Waals surface area contributed by atoms with Gasteiger partial charge in [-0.2, -0.15) is 0 Å². The molecule has 0 atom stereocenters. The third-order valence-electron chi connectivity index (χ3n) is 2.88. The summed E-state index contributed by atoms with van der Waals surface area (Å²) in [6, 6.07) is 11.0. The van der Waals surface area contributed by atoms with Gasteiger partial charge in [-0.1, -0.05) is 37.6 Å². The van der Waals surface area contributed by atoms with E-state index in [1.54, 1.807) is 24.3 Å². The second kappa shape index (κ2) is 7.27. The minimum Gasteiger partial charge on any atom is -0.492 e. The second-order valence-corrected chi connectivity index (χ2v) is 5.69. The number of para-hydroxylation sites is 1. The molecule has 0 saturated heterocycles. The van der Waals surface area contributed by atoms with Crippen LogP contribution in [0.15, 0.2) is 42.5 Å². The molecule has 0 fully saturated rings. The summed E-state index contributed by atoms with van der Waals surface area (Å²) in [6.07, 6.45) is 0. The minimum absolute atomic E-state index is 0.0397. The van der Waals surface area contributed by atoms with Gasteiger partial charge in [0.15, 0.2) is 0 Å². The fraction of sp³-hybridized carbons (Fsp3) is 0.235.